The van der Waals surface area contributed by atoms with Gasteiger partial charge in [-0.15, -0.1) is 0 Å². The molecule has 8 nitrogen and oxygen atoms in total. The van der Waals surface area contributed by atoms with Crippen LogP contribution in [-0.2, 0) is 22.6 Å². The third-order valence-corrected chi connectivity index (χ3v) is 4.81. The first-order valence-electron chi connectivity index (χ1n) is 10.2. The van der Waals surface area contributed by atoms with Gasteiger partial charge in [0.2, 0.25) is 0 Å². The van der Waals surface area contributed by atoms with E-state index in [9.17, 15) is 14.0 Å². The van der Waals surface area contributed by atoms with Crippen molar-refractivity contribution in [1.29, 1.82) is 0 Å². The average Bonchev–Trinajstić information content (AvgIpc) is 2.79. The number of methoxy groups -OCH3 is 1. The summed E-state index contributed by atoms with van der Waals surface area (Å²) >= 11 is 0. The van der Waals surface area contributed by atoms with Crippen molar-refractivity contribution in [2.45, 2.75) is 33.0 Å². The molecule has 0 aliphatic rings. The summed E-state index contributed by atoms with van der Waals surface area (Å²) in [5.74, 6) is 0.0718. The molecule has 0 fully saturated rings. The van der Waals surface area contributed by atoms with E-state index in [1.807, 2.05) is 38.1 Å². The number of urea groups is 1. The van der Waals surface area contributed by atoms with Crippen LogP contribution >= 0.6 is 0 Å². The summed E-state index contributed by atoms with van der Waals surface area (Å²) in [5, 5.41) is 9.28. The van der Waals surface area contributed by atoms with Gasteiger partial charge in [-0.3, -0.25) is 0 Å². The lowest BCUT2D eigenvalue weighted by Gasteiger charge is -2.21. The maximum Gasteiger partial charge on any atom is 0.328 e. The fourth-order valence-electron chi connectivity index (χ4n) is 3.14. The molecule has 2 amide bonds. The van der Waals surface area contributed by atoms with Crippen molar-refractivity contribution in [1.82, 2.24) is 20.6 Å². The Kier molecular flexibility index (Phi) is 7.54. The van der Waals surface area contributed by atoms with E-state index in [1.165, 1.54) is 19.2 Å². The van der Waals surface area contributed by atoms with Crippen LogP contribution in [0.15, 0.2) is 48.5 Å². The Morgan fingerprint density at radius 3 is 2.50 bits per heavy atom. The van der Waals surface area contributed by atoms with E-state index in [0.717, 1.165) is 5.39 Å². The van der Waals surface area contributed by atoms with E-state index in [2.05, 4.69) is 25.9 Å². The Balaban J connectivity index is 1.72. The highest BCUT2D eigenvalue weighted by Crippen LogP contribution is 2.22. The summed E-state index contributed by atoms with van der Waals surface area (Å²) in [6.45, 7) is 4.07. The molecule has 3 aromatic rings. The minimum Gasteiger partial charge on any atom is -0.467 e. The highest BCUT2D eigenvalue weighted by molar-refractivity contribution is 5.91. The molecule has 0 spiro atoms. The molecule has 0 saturated carbocycles. The highest BCUT2D eigenvalue weighted by atomic mass is 19.1. The number of para-hydroxylation sites is 1. The van der Waals surface area contributed by atoms with E-state index in [4.69, 9.17) is 4.74 Å². The van der Waals surface area contributed by atoms with Crippen LogP contribution in [0.2, 0.25) is 0 Å². The van der Waals surface area contributed by atoms with Gasteiger partial charge in [-0.05, 0) is 35.7 Å². The van der Waals surface area contributed by atoms with E-state index in [0.29, 0.717) is 22.7 Å². The molecule has 2 aromatic carbocycles. The normalized spacial score (nSPS) is 11.8. The standard InChI is InChI=1S/C23H26FN5O3/c1-14(2)20(22(30)32-3)29-21-17-9-4-5-10-18(17)27-19(28-21)13-26-23(31)25-12-15-7-6-8-16(24)11-15/h4-11,14,20H,12-13H2,1-3H3,(H2,25,26,31)(H,27,28,29)/t20-/m0/s1. The van der Waals surface area contributed by atoms with Crippen LogP contribution in [0.3, 0.4) is 0 Å². The third kappa shape index (κ3) is 5.90. The lowest BCUT2D eigenvalue weighted by atomic mass is 10.0. The van der Waals surface area contributed by atoms with Crippen LogP contribution in [0.5, 0.6) is 0 Å². The van der Waals surface area contributed by atoms with E-state index in [-0.39, 0.29) is 30.8 Å². The predicted molar refractivity (Wildman–Crippen MR) is 119 cm³/mol. The molecule has 0 bridgehead atoms. The van der Waals surface area contributed by atoms with Gasteiger partial charge in [-0.25, -0.2) is 23.9 Å². The van der Waals surface area contributed by atoms with Crippen LogP contribution < -0.4 is 16.0 Å². The smallest absolute Gasteiger partial charge is 0.328 e. The van der Waals surface area contributed by atoms with Crippen molar-refractivity contribution in [3.8, 4) is 0 Å². The van der Waals surface area contributed by atoms with Gasteiger partial charge in [0.15, 0.2) is 5.82 Å². The lowest BCUT2D eigenvalue weighted by Crippen LogP contribution is -2.36. The van der Waals surface area contributed by atoms with Crippen LogP contribution in [0.25, 0.3) is 10.9 Å². The Hall–Kier alpha value is -3.75. The fraction of sp³-hybridized carbons (Fsp3) is 0.304. The number of nitrogens with one attached hydrogen (secondary N) is 3. The lowest BCUT2D eigenvalue weighted by molar-refractivity contribution is -0.142. The first-order chi connectivity index (χ1) is 15.4. The highest BCUT2D eigenvalue weighted by Gasteiger charge is 2.24. The van der Waals surface area contributed by atoms with E-state index in [1.54, 1.807) is 12.1 Å². The second-order valence-corrected chi connectivity index (χ2v) is 7.56. The molecule has 168 valence electrons. The molecule has 1 heterocycles. The number of hydrogen-bond donors (Lipinski definition) is 3. The van der Waals surface area contributed by atoms with Crippen LogP contribution in [0.4, 0.5) is 15.0 Å². The second kappa shape index (κ2) is 10.5. The zero-order valence-electron chi connectivity index (χ0n) is 18.2. The quantitative estimate of drug-likeness (QED) is 0.465. The molecular formula is C23H26FN5O3. The van der Waals surface area contributed by atoms with E-state index >= 15 is 0 Å². The molecule has 3 N–H and O–H groups in total. The summed E-state index contributed by atoms with van der Waals surface area (Å²) in [6, 6.07) is 12.4. The molecule has 1 atom stereocenters. The number of nitrogens with zero attached hydrogens (tertiary/aromatic N) is 2. The monoisotopic (exact) mass is 439 g/mol. The van der Waals surface area contributed by atoms with Gasteiger partial charge in [0.25, 0.3) is 0 Å². The summed E-state index contributed by atoms with van der Waals surface area (Å²) in [7, 11) is 1.34. The van der Waals surface area contributed by atoms with Gasteiger partial charge in [-0.2, -0.15) is 0 Å². The third-order valence-electron chi connectivity index (χ3n) is 4.81. The number of benzene rings is 2. The molecule has 0 aliphatic carbocycles. The first kappa shape index (κ1) is 22.9. The van der Waals surface area contributed by atoms with Gasteiger partial charge < -0.3 is 20.7 Å². The number of carbonyl (C=O) groups is 2. The largest absolute Gasteiger partial charge is 0.467 e. The number of aromatic nitrogens is 2. The Labute approximate surface area is 185 Å². The van der Waals surface area contributed by atoms with Gasteiger partial charge in [-0.1, -0.05) is 38.1 Å². The number of hydrogen-bond acceptors (Lipinski definition) is 6. The van der Waals surface area contributed by atoms with Gasteiger partial charge in [0, 0.05) is 11.9 Å². The van der Waals surface area contributed by atoms with Gasteiger partial charge >= 0.3 is 12.0 Å². The van der Waals surface area contributed by atoms with Crippen molar-refractivity contribution in [2.24, 2.45) is 5.92 Å². The van der Waals surface area contributed by atoms with Crippen LogP contribution in [0.1, 0.15) is 25.2 Å². The predicted octanol–water partition coefficient (Wildman–Crippen LogP) is 3.38. The Morgan fingerprint density at radius 1 is 1.03 bits per heavy atom. The number of amides is 2. The number of anilines is 1. The molecule has 0 unspecified atom stereocenters. The maximum atomic E-state index is 13.3. The molecule has 32 heavy (non-hydrogen) atoms. The summed E-state index contributed by atoms with van der Waals surface area (Å²) in [4.78, 5) is 33.4. The number of carbonyl (C=O) groups excluding carboxylic acids is 2. The van der Waals surface area contributed by atoms with E-state index < -0.39 is 12.1 Å². The van der Waals surface area contributed by atoms with Crippen molar-refractivity contribution in [2.75, 3.05) is 12.4 Å². The Morgan fingerprint density at radius 2 is 1.78 bits per heavy atom. The average molecular weight is 439 g/mol. The van der Waals surface area contributed by atoms with Crippen molar-refractivity contribution in [3.63, 3.8) is 0 Å². The summed E-state index contributed by atoms with van der Waals surface area (Å²) < 4.78 is 18.2. The minimum atomic E-state index is -0.589. The molecule has 0 aliphatic heterocycles. The number of halogens is 1. The molecular weight excluding hydrogens is 413 g/mol. The van der Waals surface area contributed by atoms with Crippen molar-refractivity contribution >= 4 is 28.7 Å². The van der Waals surface area contributed by atoms with Gasteiger partial charge in [0.05, 0.1) is 19.2 Å². The Bertz CT molecular complexity index is 1110. The number of esters is 1. The topological polar surface area (TPSA) is 105 Å². The van der Waals surface area contributed by atoms with Crippen LogP contribution in [0, 0.1) is 11.7 Å². The zero-order valence-corrected chi connectivity index (χ0v) is 18.2. The zero-order chi connectivity index (χ0) is 23.1. The fourth-order valence-corrected chi connectivity index (χ4v) is 3.14. The summed E-state index contributed by atoms with van der Waals surface area (Å²) in [5.41, 5.74) is 1.32. The van der Waals surface area contributed by atoms with Crippen LogP contribution in [-0.4, -0.2) is 35.1 Å². The number of fused-ring (bicyclic) bond motifs is 1. The van der Waals surface area contributed by atoms with Crippen molar-refractivity contribution in [3.05, 3.63) is 65.7 Å². The molecule has 9 heteroatoms. The molecule has 1 aromatic heterocycles. The maximum absolute atomic E-state index is 13.3. The second-order valence-electron chi connectivity index (χ2n) is 7.56. The SMILES string of the molecule is COC(=O)[C@@H](Nc1nc(CNC(=O)NCc2cccc(F)c2)nc2ccccc12)C(C)C. The summed E-state index contributed by atoms with van der Waals surface area (Å²) in [6.07, 6.45) is 0. The van der Waals surface area contributed by atoms with Crippen molar-refractivity contribution < 1.29 is 18.7 Å². The van der Waals surface area contributed by atoms with Gasteiger partial charge in [0.1, 0.15) is 17.7 Å². The molecule has 0 radical (unpaired) electrons. The minimum absolute atomic E-state index is 0.0358. The molecule has 3 rings (SSSR count). The number of rotatable bonds is 8. The first-order valence-corrected chi connectivity index (χ1v) is 10.2. The molecule has 0 saturated heterocycles. The number of ether oxygens (including phenoxy) is 1.